The fraction of sp³-hybridized carbons (Fsp3) is 0.636. The summed E-state index contributed by atoms with van der Waals surface area (Å²) < 4.78 is 6.98. The van der Waals surface area contributed by atoms with E-state index in [1.54, 1.807) is 13.2 Å². The lowest BCUT2D eigenvalue weighted by molar-refractivity contribution is 0.0379. The number of rotatable bonds is 3. The van der Waals surface area contributed by atoms with Gasteiger partial charge in [-0.15, -0.1) is 0 Å². The number of halogens is 1. The lowest BCUT2D eigenvalue weighted by Gasteiger charge is -2.37. The maximum Gasteiger partial charge on any atom is 0.282 e. The number of aliphatic hydroxyl groups excluding tert-OH is 1. The standard InChI is InChI=1S/C11H16BrN3O3/c1-15-10(17)9(12)8(6-13-15)14-11(7-16)2-4-18-5-3-11/h6,14,16H,2-5,7H2,1H3. The van der Waals surface area contributed by atoms with Crippen molar-refractivity contribution in [3.63, 3.8) is 0 Å². The van der Waals surface area contributed by atoms with Crippen LogP contribution in [0.25, 0.3) is 0 Å². The van der Waals surface area contributed by atoms with Crippen molar-refractivity contribution < 1.29 is 9.84 Å². The van der Waals surface area contributed by atoms with Crippen molar-refractivity contribution in [2.45, 2.75) is 18.4 Å². The lowest BCUT2D eigenvalue weighted by Crippen LogP contribution is -2.47. The van der Waals surface area contributed by atoms with Crippen molar-refractivity contribution in [1.82, 2.24) is 9.78 Å². The van der Waals surface area contributed by atoms with Crippen molar-refractivity contribution in [2.24, 2.45) is 7.05 Å². The molecular weight excluding hydrogens is 302 g/mol. The maximum absolute atomic E-state index is 11.8. The number of aromatic nitrogens is 2. The van der Waals surface area contributed by atoms with Crippen molar-refractivity contribution in [3.8, 4) is 0 Å². The highest BCUT2D eigenvalue weighted by Gasteiger charge is 2.32. The van der Waals surface area contributed by atoms with Gasteiger partial charge in [-0.2, -0.15) is 5.10 Å². The molecule has 1 aromatic heterocycles. The van der Waals surface area contributed by atoms with Crippen LogP contribution in [0.2, 0.25) is 0 Å². The molecule has 0 spiro atoms. The van der Waals surface area contributed by atoms with E-state index >= 15 is 0 Å². The Balaban J connectivity index is 2.27. The number of nitrogens with one attached hydrogen (secondary N) is 1. The van der Waals surface area contributed by atoms with E-state index in [4.69, 9.17) is 4.74 Å². The number of anilines is 1. The predicted octanol–water partition coefficient (Wildman–Crippen LogP) is 0.496. The Bertz CT molecular complexity index is 483. The molecular formula is C11H16BrN3O3. The minimum atomic E-state index is -0.436. The number of aliphatic hydroxyl groups is 1. The molecule has 2 heterocycles. The van der Waals surface area contributed by atoms with Crippen LogP contribution in [-0.2, 0) is 11.8 Å². The van der Waals surface area contributed by atoms with Gasteiger partial charge in [0.15, 0.2) is 0 Å². The Morgan fingerprint density at radius 1 is 1.61 bits per heavy atom. The van der Waals surface area contributed by atoms with Crippen LogP contribution in [0.5, 0.6) is 0 Å². The zero-order valence-corrected chi connectivity index (χ0v) is 11.7. The fourth-order valence-corrected chi connectivity index (χ4v) is 2.43. The molecule has 6 nitrogen and oxygen atoms in total. The molecule has 1 fully saturated rings. The molecule has 0 aromatic carbocycles. The van der Waals surface area contributed by atoms with Crippen LogP contribution in [0, 0.1) is 0 Å². The molecule has 2 N–H and O–H groups in total. The van der Waals surface area contributed by atoms with Crippen molar-refractivity contribution in [1.29, 1.82) is 0 Å². The number of aryl methyl sites for hydroxylation is 1. The molecule has 0 saturated carbocycles. The second-order valence-corrected chi connectivity index (χ2v) is 5.27. The van der Waals surface area contributed by atoms with Crippen LogP contribution in [0.3, 0.4) is 0 Å². The number of ether oxygens (including phenoxy) is 1. The second-order valence-electron chi connectivity index (χ2n) is 4.48. The topological polar surface area (TPSA) is 76.4 Å². The van der Waals surface area contributed by atoms with Crippen molar-refractivity contribution in [2.75, 3.05) is 25.1 Å². The van der Waals surface area contributed by atoms with E-state index in [-0.39, 0.29) is 12.2 Å². The van der Waals surface area contributed by atoms with Crippen LogP contribution in [-0.4, -0.2) is 40.2 Å². The largest absolute Gasteiger partial charge is 0.394 e. The quantitative estimate of drug-likeness (QED) is 0.849. The SMILES string of the molecule is Cn1ncc(NC2(CO)CCOCC2)c(Br)c1=O. The third-order valence-corrected chi connectivity index (χ3v) is 4.00. The van der Waals surface area contributed by atoms with Gasteiger partial charge in [0.2, 0.25) is 0 Å². The molecule has 7 heteroatoms. The smallest absolute Gasteiger partial charge is 0.282 e. The van der Waals surface area contributed by atoms with Gasteiger partial charge in [0.05, 0.1) is 24.0 Å². The van der Waals surface area contributed by atoms with Gasteiger partial charge in [-0.05, 0) is 28.8 Å². The predicted molar refractivity (Wildman–Crippen MR) is 70.7 cm³/mol. The lowest BCUT2D eigenvalue weighted by atomic mass is 9.91. The van der Waals surface area contributed by atoms with Crippen LogP contribution in [0.1, 0.15) is 12.8 Å². The molecule has 1 aliphatic rings. The van der Waals surface area contributed by atoms with Gasteiger partial charge in [0.25, 0.3) is 5.56 Å². The molecule has 2 rings (SSSR count). The number of hydrogen-bond donors (Lipinski definition) is 2. The van der Waals surface area contributed by atoms with Gasteiger partial charge in [-0.25, -0.2) is 4.68 Å². The van der Waals surface area contributed by atoms with Gasteiger partial charge in [0, 0.05) is 20.3 Å². The average molecular weight is 318 g/mol. The highest BCUT2D eigenvalue weighted by molar-refractivity contribution is 9.10. The third-order valence-electron chi connectivity index (χ3n) is 3.23. The average Bonchev–Trinajstić information content (AvgIpc) is 2.41. The monoisotopic (exact) mass is 317 g/mol. The van der Waals surface area contributed by atoms with Crippen LogP contribution < -0.4 is 10.9 Å². The van der Waals surface area contributed by atoms with E-state index < -0.39 is 5.54 Å². The Morgan fingerprint density at radius 2 is 2.28 bits per heavy atom. The molecule has 0 atom stereocenters. The Labute approximate surface area is 113 Å². The normalized spacial score (nSPS) is 18.6. The first-order valence-corrected chi connectivity index (χ1v) is 6.56. The molecule has 0 bridgehead atoms. The number of nitrogens with zero attached hydrogens (tertiary/aromatic N) is 2. The molecule has 0 radical (unpaired) electrons. The van der Waals surface area contributed by atoms with E-state index in [0.29, 0.717) is 36.2 Å². The Morgan fingerprint density at radius 3 is 2.89 bits per heavy atom. The summed E-state index contributed by atoms with van der Waals surface area (Å²) in [4.78, 5) is 11.8. The summed E-state index contributed by atoms with van der Waals surface area (Å²) in [6.07, 6.45) is 2.98. The van der Waals surface area contributed by atoms with Crippen LogP contribution in [0.15, 0.2) is 15.5 Å². The molecule has 1 aromatic rings. The first kappa shape index (κ1) is 13.5. The maximum atomic E-state index is 11.8. The molecule has 100 valence electrons. The Kier molecular flexibility index (Phi) is 4.04. The summed E-state index contributed by atoms with van der Waals surface area (Å²) in [6.45, 7) is 1.20. The van der Waals surface area contributed by atoms with Crippen molar-refractivity contribution >= 4 is 21.6 Å². The summed E-state index contributed by atoms with van der Waals surface area (Å²) in [5.74, 6) is 0. The zero-order chi connectivity index (χ0) is 13.2. The van der Waals surface area contributed by atoms with Gasteiger partial charge in [0.1, 0.15) is 4.47 Å². The molecule has 0 aliphatic carbocycles. The molecule has 1 saturated heterocycles. The summed E-state index contributed by atoms with van der Waals surface area (Å²) in [7, 11) is 1.59. The highest BCUT2D eigenvalue weighted by atomic mass is 79.9. The first-order chi connectivity index (χ1) is 8.58. The second kappa shape index (κ2) is 5.38. The summed E-state index contributed by atoms with van der Waals surface area (Å²) >= 11 is 3.26. The minimum absolute atomic E-state index is 0.00197. The summed E-state index contributed by atoms with van der Waals surface area (Å²) in [5.41, 5.74) is -0.0383. The van der Waals surface area contributed by atoms with E-state index in [2.05, 4.69) is 26.3 Å². The highest BCUT2D eigenvalue weighted by Crippen LogP contribution is 2.27. The summed E-state index contributed by atoms with van der Waals surface area (Å²) in [6, 6.07) is 0. The third kappa shape index (κ3) is 2.57. The van der Waals surface area contributed by atoms with E-state index in [0.717, 1.165) is 0 Å². The van der Waals surface area contributed by atoms with E-state index in [9.17, 15) is 9.90 Å². The van der Waals surface area contributed by atoms with Crippen LogP contribution in [0.4, 0.5) is 5.69 Å². The first-order valence-electron chi connectivity index (χ1n) is 5.77. The Hall–Kier alpha value is -0.920. The molecule has 18 heavy (non-hydrogen) atoms. The van der Waals surface area contributed by atoms with Gasteiger partial charge in [-0.3, -0.25) is 4.79 Å². The molecule has 0 amide bonds. The zero-order valence-electron chi connectivity index (χ0n) is 10.1. The van der Waals surface area contributed by atoms with E-state index in [1.807, 2.05) is 0 Å². The van der Waals surface area contributed by atoms with Gasteiger partial charge >= 0.3 is 0 Å². The van der Waals surface area contributed by atoms with Gasteiger partial charge < -0.3 is 15.2 Å². The summed E-state index contributed by atoms with van der Waals surface area (Å²) in [5, 5.41) is 16.8. The minimum Gasteiger partial charge on any atom is -0.394 e. The van der Waals surface area contributed by atoms with Crippen LogP contribution >= 0.6 is 15.9 Å². The van der Waals surface area contributed by atoms with E-state index in [1.165, 1.54) is 4.68 Å². The molecule has 1 aliphatic heterocycles. The van der Waals surface area contributed by atoms with Crippen molar-refractivity contribution in [3.05, 3.63) is 21.0 Å². The van der Waals surface area contributed by atoms with Gasteiger partial charge in [-0.1, -0.05) is 0 Å². The fourth-order valence-electron chi connectivity index (χ4n) is 1.97. The molecule has 0 unspecified atom stereocenters. The number of hydrogen-bond acceptors (Lipinski definition) is 5.